The topological polar surface area (TPSA) is 49.8 Å². The Kier molecular flexibility index (Phi) is 5.56. The van der Waals surface area contributed by atoms with Crippen LogP contribution >= 0.6 is 0 Å². The summed E-state index contributed by atoms with van der Waals surface area (Å²) >= 11 is 0. The Balaban J connectivity index is 2.00. The number of likely N-dealkylation sites (tertiary alicyclic amines) is 1. The number of carboxylic acids is 1. The zero-order valence-electron chi connectivity index (χ0n) is 12.0. The van der Waals surface area contributed by atoms with E-state index in [1.165, 1.54) is 12.8 Å². The summed E-state index contributed by atoms with van der Waals surface area (Å²) in [6.07, 6.45) is 2.52. The molecule has 4 heteroatoms. The lowest BCUT2D eigenvalue weighted by Crippen LogP contribution is -2.36. The zero-order valence-corrected chi connectivity index (χ0v) is 12.0. The molecule has 1 aromatic carbocycles. The van der Waals surface area contributed by atoms with Gasteiger partial charge in [0.25, 0.3) is 0 Å². The Labute approximate surface area is 120 Å². The summed E-state index contributed by atoms with van der Waals surface area (Å²) in [6.45, 7) is 3.77. The van der Waals surface area contributed by atoms with Gasteiger partial charge >= 0.3 is 5.97 Å². The van der Waals surface area contributed by atoms with E-state index in [-0.39, 0.29) is 6.42 Å². The second kappa shape index (κ2) is 7.41. The van der Waals surface area contributed by atoms with Gasteiger partial charge < -0.3 is 9.84 Å². The predicted octanol–water partition coefficient (Wildman–Crippen LogP) is 2.17. The minimum atomic E-state index is -0.770. The fraction of sp³-hybridized carbons (Fsp3) is 0.562. The van der Waals surface area contributed by atoms with Crippen molar-refractivity contribution in [2.24, 2.45) is 5.92 Å². The molecule has 0 aliphatic carbocycles. The SMILES string of the molecule is COCC1CCCN(Cc2ccccc2CC(=O)O)C1. The van der Waals surface area contributed by atoms with Crippen LogP contribution in [0.25, 0.3) is 0 Å². The summed E-state index contributed by atoms with van der Waals surface area (Å²) in [7, 11) is 1.75. The van der Waals surface area contributed by atoms with E-state index in [2.05, 4.69) is 4.90 Å². The molecule has 1 saturated heterocycles. The van der Waals surface area contributed by atoms with Crippen molar-refractivity contribution in [2.75, 3.05) is 26.8 Å². The molecule has 1 fully saturated rings. The fourth-order valence-corrected chi connectivity index (χ4v) is 2.95. The summed E-state index contributed by atoms with van der Waals surface area (Å²) in [5.41, 5.74) is 2.06. The van der Waals surface area contributed by atoms with E-state index in [0.717, 1.165) is 37.4 Å². The lowest BCUT2D eigenvalue weighted by Gasteiger charge is -2.32. The zero-order chi connectivity index (χ0) is 14.4. The van der Waals surface area contributed by atoms with Crippen molar-refractivity contribution in [3.8, 4) is 0 Å². The quantitative estimate of drug-likeness (QED) is 0.866. The number of nitrogens with zero attached hydrogens (tertiary/aromatic N) is 1. The standard InChI is InChI=1S/C16H23NO3/c1-20-12-13-5-4-8-17(10-13)11-15-7-3-2-6-14(15)9-16(18)19/h2-3,6-7,13H,4-5,8-12H2,1H3,(H,18,19). The molecule has 4 nitrogen and oxygen atoms in total. The highest BCUT2D eigenvalue weighted by Crippen LogP contribution is 2.20. The third kappa shape index (κ3) is 4.32. The van der Waals surface area contributed by atoms with Crippen molar-refractivity contribution >= 4 is 5.97 Å². The lowest BCUT2D eigenvalue weighted by molar-refractivity contribution is -0.136. The van der Waals surface area contributed by atoms with Gasteiger partial charge in [-0.05, 0) is 36.4 Å². The molecule has 1 atom stereocenters. The van der Waals surface area contributed by atoms with Crippen LogP contribution in [0.15, 0.2) is 24.3 Å². The number of carboxylic acid groups (broad SMARTS) is 1. The number of rotatable bonds is 6. The summed E-state index contributed by atoms with van der Waals surface area (Å²) in [6, 6.07) is 7.85. The average molecular weight is 277 g/mol. The molecule has 0 amide bonds. The predicted molar refractivity (Wildman–Crippen MR) is 77.7 cm³/mol. The molecular formula is C16H23NO3. The highest BCUT2D eigenvalue weighted by molar-refractivity contribution is 5.70. The number of hydrogen-bond donors (Lipinski definition) is 1. The van der Waals surface area contributed by atoms with Crippen LogP contribution in [0.5, 0.6) is 0 Å². The number of aliphatic carboxylic acids is 1. The molecule has 1 heterocycles. The van der Waals surface area contributed by atoms with Crippen LogP contribution in [0, 0.1) is 5.92 Å². The molecule has 20 heavy (non-hydrogen) atoms. The number of ether oxygens (including phenoxy) is 1. The Morgan fingerprint density at radius 2 is 2.15 bits per heavy atom. The van der Waals surface area contributed by atoms with Gasteiger partial charge in [0, 0.05) is 20.2 Å². The van der Waals surface area contributed by atoms with E-state index in [9.17, 15) is 4.79 Å². The fourth-order valence-electron chi connectivity index (χ4n) is 2.95. The maximum atomic E-state index is 10.9. The number of hydrogen-bond acceptors (Lipinski definition) is 3. The normalized spacial score (nSPS) is 19.9. The van der Waals surface area contributed by atoms with Crippen LogP contribution in [0.1, 0.15) is 24.0 Å². The molecule has 110 valence electrons. The van der Waals surface area contributed by atoms with E-state index >= 15 is 0 Å². The lowest BCUT2D eigenvalue weighted by atomic mass is 9.97. The maximum absolute atomic E-state index is 10.9. The molecule has 1 unspecified atom stereocenters. The third-order valence-electron chi connectivity index (χ3n) is 3.86. The van der Waals surface area contributed by atoms with Gasteiger partial charge in [-0.3, -0.25) is 9.69 Å². The second-order valence-electron chi connectivity index (χ2n) is 5.54. The van der Waals surface area contributed by atoms with Gasteiger partial charge in [-0.25, -0.2) is 0 Å². The van der Waals surface area contributed by atoms with Crippen molar-refractivity contribution in [1.82, 2.24) is 4.90 Å². The van der Waals surface area contributed by atoms with E-state index in [1.807, 2.05) is 24.3 Å². The van der Waals surface area contributed by atoms with Crippen LogP contribution in [0.2, 0.25) is 0 Å². The van der Waals surface area contributed by atoms with Gasteiger partial charge in [-0.15, -0.1) is 0 Å². The maximum Gasteiger partial charge on any atom is 0.307 e. The Morgan fingerprint density at radius 1 is 1.40 bits per heavy atom. The summed E-state index contributed by atoms with van der Waals surface area (Å²) < 4.78 is 5.25. The van der Waals surface area contributed by atoms with Crippen molar-refractivity contribution < 1.29 is 14.6 Å². The van der Waals surface area contributed by atoms with E-state index in [1.54, 1.807) is 7.11 Å². The molecule has 0 spiro atoms. The molecule has 2 rings (SSSR count). The molecule has 0 bridgehead atoms. The Bertz CT molecular complexity index is 445. The van der Waals surface area contributed by atoms with E-state index < -0.39 is 5.97 Å². The molecule has 1 N–H and O–H groups in total. The first kappa shape index (κ1) is 15.0. The summed E-state index contributed by atoms with van der Waals surface area (Å²) in [5.74, 6) is -0.172. The monoisotopic (exact) mass is 277 g/mol. The van der Waals surface area contributed by atoms with Crippen molar-refractivity contribution in [3.63, 3.8) is 0 Å². The highest BCUT2D eigenvalue weighted by atomic mass is 16.5. The van der Waals surface area contributed by atoms with Crippen molar-refractivity contribution in [1.29, 1.82) is 0 Å². The first-order valence-electron chi connectivity index (χ1n) is 7.19. The van der Waals surface area contributed by atoms with E-state index in [4.69, 9.17) is 9.84 Å². The van der Waals surface area contributed by atoms with Crippen LogP contribution < -0.4 is 0 Å². The molecule has 1 aromatic rings. The van der Waals surface area contributed by atoms with Gasteiger partial charge in [0.05, 0.1) is 13.0 Å². The first-order valence-corrected chi connectivity index (χ1v) is 7.19. The minimum Gasteiger partial charge on any atom is -0.481 e. The van der Waals surface area contributed by atoms with Crippen molar-refractivity contribution in [2.45, 2.75) is 25.8 Å². The molecule has 0 saturated carbocycles. The number of methoxy groups -OCH3 is 1. The van der Waals surface area contributed by atoms with Crippen LogP contribution in [0.4, 0.5) is 0 Å². The van der Waals surface area contributed by atoms with Crippen LogP contribution in [-0.2, 0) is 22.5 Å². The number of benzene rings is 1. The summed E-state index contributed by atoms with van der Waals surface area (Å²) in [4.78, 5) is 13.3. The Hall–Kier alpha value is -1.39. The van der Waals surface area contributed by atoms with Gasteiger partial charge in [0.1, 0.15) is 0 Å². The minimum absolute atomic E-state index is 0.103. The molecule has 1 aliphatic rings. The molecule has 0 radical (unpaired) electrons. The first-order chi connectivity index (χ1) is 9.69. The van der Waals surface area contributed by atoms with Crippen LogP contribution in [-0.4, -0.2) is 42.8 Å². The smallest absolute Gasteiger partial charge is 0.307 e. The van der Waals surface area contributed by atoms with Crippen LogP contribution in [0.3, 0.4) is 0 Å². The third-order valence-corrected chi connectivity index (χ3v) is 3.86. The van der Waals surface area contributed by atoms with Crippen molar-refractivity contribution in [3.05, 3.63) is 35.4 Å². The van der Waals surface area contributed by atoms with Gasteiger partial charge in [0.2, 0.25) is 0 Å². The second-order valence-corrected chi connectivity index (χ2v) is 5.54. The number of piperidine rings is 1. The molecular weight excluding hydrogens is 254 g/mol. The summed E-state index contributed by atoms with van der Waals surface area (Å²) in [5, 5.41) is 8.98. The Morgan fingerprint density at radius 3 is 2.85 bits per heavy atom. The van der Waals surface area contributed by atoms with E-state index in [0.29, 0.717) is 5.92 Å². The van der Waals surface area contributed by atoms with Gasteiger partial charge in [-0.1, -0.05) is 24.3 Å². The largest absolute Gasteiger partial charge is 0.481 e. The number of carbonyl (C=O) groups is 1. The molecule has 1 aliphatic heterocycles. The molecule has 0 aromatic heterocycles. The van der Waals surface area contributed by atoms with Gasteiger partial charge in [-0.2, -0.15) is 0 Å². The average Bonchev–Trinajstić information content (AvgIpc) is 2.41. The van der Waals surface area contributed by atoms with Gasteiger partial charge in [0.15, 0.2) is 0 Å². The highest BCUT2D eigenvalue weighted by Gasteiger charge is 2.20.